The number of aliphatic imine (C=N–C) groups is 1. The Balaban J connectivity index is 0.00000385. The minimum absolute atomic E-state index is 0. The van der Waals surface area contributed by atoms with E-state index in [2.05, 4.69) is 32.7 Å². The van der Waals surface area contributed by atoms with Crippen molar-refractivity contribution in [2.75, 3.05) is 47.9 Å². The molecule has 1 saturated heterocycles. The lowest BCUT2D eigenvalue weighted by molar-refractivity contribution is -0.127. The van der Waals surface area contributed by atoms with E-state index in [9.17, 15) is 4.79 Å². The van der Waals surface area contributed by atoms with E-state index >= 15 is 0 Å². The van der Waals surface area contributed by atoms with Crippen LogP contribution in [0.4, 0.5) is 0 Å². The van der Waals surface area contributed by atoms with Crippen LogP contribution in [0.3, 0.4) is 0 Å². The molecule has 0 radical (unpaired) electrons. The highest BCUT2D eigenvalue weighted by atomic mass is 127. The van der Waals surface area contributed by atoms with E-state index in [1.165, 1.54) is 24.8 Å². The second kappa shape index (κ2) is 13.8. The summed E-state index contributed by atoms with van der Waals surface area (Å²) < 4.78 is 10.8. The standard InChI is InChI=1S/C24H39N5O3.HI/c1-28(2)23(30)15-25-24(26-19-8-6-5-7-9-19)27-20-10-11-29(17-20)16-18-12-21(31-3)14-22(13-18)32-4;/h12-14,19-20H,5-11,15-17H2,1-4H3,(H2,25,26,27);1H. The van der Waals surface area contributed by atoms with Crippen LogP contribution in [0.15, 0.2) is 23.2 Å². The zero-order valence-electron chi connectivity index (χ0n) is 20.4. The summed E-state index contributed by atoms with van der Waals surface area (Å²) in [5.41, 5.74) is 1.17. The van der Waals surface area contributed by atoms with Gasteiger partial charge in [-0.2, -0.15) is 0 Å². The molecule has 2 fully saturated rings. The molecule has 1 amide bonds. The summed E-state index contributed by atoms with van der Waals surface area (Å²) in [5.74, 6) is 2.39. The zero-order valence-corrected chi connectivity index (χ0v) is 22.8. The average molecular weight is 574 g/mol. The summed E-state index contributed by atoms with van der Waals surface area (Å²) in [7, 11) is 6.88. The third kappa shape index (κ3) is 8.84. The van der Waals surface area contributed by atoms with Gasteiger partial charge in [-0.05, 0) is 37.0 Å². The molecule has 1 atom stereocenters. The van der Waals surface area contributed by atoms with Gasteiger partial charge in [0.2, 0.25) is 5.91 Å². The lowest BCUT2D eigenvalue weighted by Gasteiger charge is -2.27. The summed E-state index contributed by atoms with van der Waals surface area (Å²) >= 11 is 0. The lowest BCUT2D eigenvalue weighted by atomic mass is 9.96. The van der Waals surface area contributed by atoms with E-state index in [1.807, 2.05) is 6.07 Å². The molecule has 1 aromatic carbocycles. The van der Waals surface area contributed by atoms with Crippen molar-refractivity contribution in [3.05, 3.63) is 23.8 Å². The Bertz CT molecular complexity index is 761. The van der Waals surface area contributed by atoms with Gasteiger partial charge in [0, 0.05) is 51.9 Å². The monoisotopic (exact) mass is 573 g/mol. The summed E-state index contributed by atoms with van der Waals surface area (Å²) in [5, 5.41) is 7.18. The maximum atomic E-state index is 12.1. The quantitative estimate of drug-likeness (QED) is 0.283. The lowest BCUT2D eigenvalue weighted by Crippen LogP contribution is -2.49. The Labute approximate surface area is 215 Å². The maximum Gasteiger partial charge on any atom is 0.243 e. The van der Waals surface area contributed by atoms with Crippen LogP contribution >= 0.6 is 24.0 Å². The van der Waals surface area contributed by atoms with E-state index in [4.69, 9.17) is 9.47 Å². The highest BCUT2D eigenvalue weighted by Crippen LogP contribution is 2.24. The van der Waals surface area contributed by atoms with Gasteiger partial charge in [-0.15, -0.1) is 24.0 Å². The van der Waals surface area contributed by atoms with Gasteiger partial charge in [-0.1, -0.05) is 19.3 Å². The fourth-order valence-corrected chi connectivity index (χ4v) is 4.36. The fourth-order valence-electron chi connectivity index (χ4n) is 4.36. The third-order valence-corrected chi connectivity index (χ3v) is 6.25. The fraction of sp³-hybridized carbons (Fsp3) is 0.667. The average Bonchev–Trinajstić information content (AvgIpc) is 3.23. The molecule has 0 bridgehead atoms. The molecule has 1 heterocycles. The smallest absolute Gasteiger partial charge is 0.243 e. The molecule has 186 valence electrons. The first-order chi connectivity index (χ1) is 15.5. The predicted octanol–water partition coefficient (Wildman–Crippen LogP) is 2.85. The number of carbonyl (C=O) groups excluding carboxylic acids is 1. The van der Waals surface area contributed by atoms with Gasteiger partial charge in [0.15, 0.2) is 5.96 Å². The number of guanidine groups is 1. The number of likely N-dealkylation sites (tertiary alicyclic amines) is 1. The molecule has 3 rings (SSSR count). The van der Waals surface area contributed by atoms with Gasteiger partial charge in [0.05, 0.1) is 14.2 Å². The molecular formula is C24H40IN5O3. The Kier molecular flexibility index (Phi) is 11.5. The molecule has 1 aromatic rings. The van der Waals surface area contributed by atoms with E-state index in [-0.39, 0.29) is 36.4 Å². The molecule has 1 aliphatic carbocycles. The van der Waals surface area contributed by atoms with Crippen molar-refractivity contribution in [3.8, 4) is 11.5 Å². The molecule has 0 spiro atoms. The molecule has 1 aliphatic heterocycles. The predicted molar refractivity (Wildman–Crippen MR) is 143 cm³/mol. The molecule has 1 saturated carbocycles. The number of amides is 1. The molecular weight excluding hydrogens is 533 g/mol. The molecule has 8 nitrogen and oxygen atoms in total. The van der Waals surface area contributed by atoms with Crippen molar-refractivity contribution in [1.82, 2.24) is 20.4 Å². The molecule has 2 N–H and O–H groups in total. The number of nitrogens with one attached hydrogen (secondary N) is 2. The summed E-state index contributed by atoms with van der Waals surface area (Å²) in [6.07, 6.45) is 7.18. The Morgan fingerprint density at radius 2 is 1.67 bits per heavy atom. The number of halogens is 1. The van der Waals surface area contributed by atoms with Crippen molar-refractivity contribution >= 4 is 35.8 Å². The number of carbonyl (C=O) groups is 1. The highest BCUT2D eigenvalue weighted by molar-refractivity contribution is 14.0. The number of rotatable bonds is 8. The molecule has 0 aromatic heterocycles. The van der Waals surface area contributed by atoms with Crippen LogP contribution in [-0.4, -0.2) is 81.7 Å². The van der Waals surface area contributed by atoms with E-state index < -0.39 is 0 Å². The van der Waals surface area contributed by atoms with E-state index in [0.29, 0.717) is 12.1 Å². The highest BCUT2D eigenvalue weighted by Gasteiger charge is 2.25. The number of nitrogens with zero attached hydrogens (tertiary/aromatic N) is 3. The van der Waals surface area contributed by atoms with E-state index in [1.54, 1.807) is 33.2 Å². The van der Waals surface area contributed by atoms with Gasteiger partial charge >= 0.3 is 0 Å². The molecule has 1 unspecified atom stereocenters. The van der Waals surface area contributed by atoms with Gasteiger partial charge in [0.25, 0.3) is 0 Å². The summed E-state index contributed by atoms with van der Waals surface area (Å²) in [6.45, 7) is 2.93. The van der Waals surface area contributed by atoms with Crippen LogP contribution in [0.25, 0.3) is 0 Å². The van der Waals surface area contributed by atoms with Crippen molar-refractivity contribution < 1.29 is 14.3 Å². The number of benzene rings is 1. The number of hydrogen-bond donors (Lipinski definition) is 2. The van der Waals surface area contributed by atoms with Crippen molar-refractivity contribution in [3.63, 3.8) is 0 Å². The van der Waals surface area contributed by atoms with Crippen LogP contribution in [-0.2, 0) is 11.3 Å². The number of hydrogen-bond acceptors (Lipinski definition) is 5. The summed E-state index contributed by atoms with van der Waals surface area (Å²) in [4.78, 5) is 20.7. The van der Waals surface area contributed by atoms with Crippen molar-refractivity contribution in [1.29, 1.82) is 0 Å². The largest absolute Gasteiger partial charge is 0.497 e. The molecule has 9 heteroatoms. The van der Waals surface area contributed by atoms with Gasteiger partial charge in [-0.3, -0.25) is 9.69 Å². The Hall–Kier alpha value is -1.75. The summed E-state index contributed by atoms with van der Waals surface area (Å²) in [6, 6.07) is 6.76. The van der Waals surface area contributed by atoms with Crippen LogP contribution in [0.1, 0.15) is 44.1 Å². The van der Waals surface area contributed by atoms with Crippen LogP contribution in [0, 0.1) is 0 Å². The molecule has 33 heavy (non-hydrogen) atoms. The number of likely N-dealkylation sites (N-methyl/N-ethyl adjacent to an activating group) is 1. The first kappa shape index (κ1) is 27.5. The van der Waals surface area contributed by atoms with Crippen LogP contribution < -0.4 is 20.1 Å². The normalized spacial score (nSPS) is 19.5. The zero-order chi connectivity index (χ0) is 22.9. The van der Waals surface area contributed by atoms with Crippen molar-refractivity contribution in [2.24, 2.45) is 4.99 Å². The first-order valence-corrected chi connectivity index (χ1v) is 11.7. The third-order valence-electron chi connectivity index (χ3n) is 6.25. The minimum atomic E-state index is 0. The van der Waals surface area contributed by atoms with Crippen LogP contribution in [0.5, 0.6) is 11.5 Å². The maximum absolute atomic E-state index is 12.1. The molecule has 2 aliphatic rings. The SMILES string of the molecule is COc1cc(CN2CCC(NC(=NCC(=O)N(C)C)NC3CCCCC3)C2)cc(OC)c1.I. The topological polar surface area (TPSA) is 78.4 Å². The minimum Gasteiger partial charge on any atom is -0.497 e. The number of ether oxygens (including phenoxy) is 2. The number of methoxy groups -OCH3 is 2. The Morgan fingerprint density at radius 3 is 2.27 bits per heavy atom. The van der Waals surface area contributed by atoms with Crippen molar-refractivity contribution in [2.45, 2.75) is 57.2 Å². The van der Waals surface area contributed by atoms with Gasteiger partial charge in [-0.25, -0.2) is 4.99 Å². The van der Waals surface area contributed by atoms with E-state index in [0.717, 1.165) is 56.4 Å². The Morgan fingerprint density at radius 1 is 1.03 bits per heavy atom. The first-order valence-electron chi connectivity index (χ1n) is 11.7. The van der Waals surface area contributed by atoms with Gasteiger partial charge in [0.1, 0.15) is 18.0 Å². The van der Waals surface area contributed by atoms with Gasteiger partial charge < -0.3 is 25.0 Å². The second-order valence-corrected chi connectivity index (χ2v) is 9.02. The second-order valence-electron chi connectivity index (χ2n) is 9.02. The van der Waals surface area contributed by atoms with Crippen LogP contribution in [0.2, 0.25) is 0 Å².